The summed E-state index contributed by atoms with van der Waals surface area (Å²) >= 11 is 11.5. The van der Waals surface area contributed by atoms with Crippen LogP contribution >= 0.6 is 23.2 Å². The first-order valence-corrected chi connectivity index (χ1v) is 7.03. The molecule has 0 fully saturated rings. The number of aromatic nitrogens is 1. The third-order valence-electron chi connectivity index (χ3n) is 2.05. The van der Waals surface area contributed by atoms with Crippen LogP contribution in [0.4, 0.5) is 5.82 Å². The Kier molecular flexibility index (Phi) is 3.52. The Morgan fingerprint density at radius 2 is 2.00 bits per heavy atom. The molecule has 0 unspecified atom stereocenters. The Labute approximate surface area is 114 Å². The quantitative estimate of drug-likeness (QED) is 0.945. The van der Waals surface area contributed by atoms with Crippen LogP contribution in [-0.2, 0) is 10.0 Å². The van der Waals surface area contributed by atoms with Gasteiger partial charge in [-0.15, -0.1) is 0 Å². The summed E-state index contributed by atoms with van der Waals surface area (Å²) in [6.07, 6.45) is 0. The van der Waals surface area contributed by atoms with E-state index in [2.05, 4.69) is 9.88 Å². The highest BCUT2D eigenvalue weighted by Gasteiger charge is 2.19. The predicted molar refractivity (Wildman–Crippen MR) is 68.5 cm³/mol. The van der Waals surface area contributed by atoms with Crippen molar-refractivity contribution in [1.82, 2.24) is 5.16 Å². The number of hydrogen-bond donors (Lipinski definition) is 1. The van der Waals surface area contributed by atoms with Crippen molar-refractivity contribution in [2.45, 2.75) is 11.8 Å². The number of sulfonamides is 1. The van der Waals surface area contributed by atoms with E-state index in [1.807, 2.05) is 0 Å². The van der Waals surface area contributed by atoms with Gasteiger partial charge >= 0.3 is 0 Å². The van der Waals surface area contributed by atoms with Crippen molar-refractivity contribution >= 4 is 39.0 Å². The number of benzene rings is 1. The Bertz CT molecular complexity index is 682. The van der Waals surface area contributed by atoms with Crippen LogP contribution in [0.1, 0.15) is 5.76 Å². The SMILES string of the molecule is Cc1cc(NS(=O)(=O)c2ccc(Cl)cc2Cl)no1. The first kappa shape index (κ1) is 13.2. The molecular formula is C10H8Cl2N2O3S. The molecule has 1 aromatic carbocycles. The summed E-state index contributed by atoms with van der Waals surface area (Å²) in [6.45, 7) is 1.65. The van der Waals surface area contributed by atoms with Gasteiger partial charge in [0.05, 0.1) is 5.02 Å². The Hall–Kier alpha value is -1.24. The largest absolute Gasteiger partial charge is 0.360 e. The normalized spacial score (nSPS) is 11.5. The molecule has 0 aliphatic rings. The van der Waals surface area contributed by atoms with Gasteiger partial charge in [0.25, 0.3) is 10.0 Å². The third kappa shape index (κ3) is 2.77. The molecule has 1 N–H and O–H groups in total. The Morgan fingerprint density at radius 3 is 2.56 bits per heavy atom. The molecule has 0 atom stereocenters. The number of anilines is 1. The number of nitrogens with zero attached hydrogens (tertiary/aromatic N) is 1. The molecule has 0 spiro atoms. The zero-order chi connectivity index (χ0) is 13.3. The van der Waals surface area contributed by atoms with Crippen LogP contribution in [0.3, 0.4) is 0 Å². The van der Waals surface area contributed by atoms with E-state index in [4.69, 9.17) is 27.7 Å². The van der Waals surface area contributed by atoms with Gasteiger partial charge in [-0.3, -0.25) is 4.72 Å². The fourth-order valence-corrected chi connectivity index (χ4v) is 3.06. The van der Waals surface area contributed by atoms with Crippen molar-refractivity contribution < 1.29 is 12.9 Å². The van der Waals surface area contributed by atoms with Gasteiger partial charge in [0.2, 0.25) is 0 Å². The molecule has 0 amide bonds. The summed E-state index contributed by atoms with van der Waals surface area (Å²) in [5.41, 5.74) is 0. The summed E-state index contributed by atoms with van der Waals surface area (Å²) in [6, 6.07) is 5.57. The van der Waals surface area contributed by atoms with Crippen LogP contribution in [0.15, 0.2) is 33.7 Å². The van der Waals surface area contributed by atoms with Crippen molar-refractivity contribution in [3.63, 3.8) is 0 Å². The van der Waals surface area contributed by atoms with Gasteiger partial charge in [0.1, 0.15) is 10.7 Å². The second-order valence-corrected chi connectivity index (χ2v) is 6.00. The van der Waals surface area contributed by atoms with Gasteiger partial charge < -0.3 is 4.52 Å². The molecule has 0 bridgehead atoms. The summed E-state index contributed by atoms with van der Waals surface area (Å²) in [5, 5.41) is 3.93. The van der Waals surface area contributed by atoms with Gasteiger partial charge in [-0.2, -0.15) is 0 Å². The molecular weight excluding hydrogens is 299 g/mol. The topological polar surface area (TPSA) is 72.2 Å². The third-order valence-corrected chi connectivity index (χ3v) is 4.12. The number of halogens is 2. The molecule has 0 aliphatic carbocycles. The summed E-state index contributed by atoms with van der Waals surface area (Å²) in [4.78, 5) is -0.0748. The molecule has 5 nitrogen and oxygen atoms in total. The lowest BCUT2D eigenvalue weighted by Gasteiger charge is -2.06. The highest BCUT2D eigenvalue weighted by molar-refractivity contribution is 7.92. The van der Waals surface area contributed by atoms with Crippen LogP contribution in [0.5, 0.6) is 0 Å². The number of aryl methyl sites for hydroxylation is 1. The van der Waals surface area contributed by atoms with E-state index >= 15 is 0 Å². The summed E-state index contributed by atoms with van der Waals surface area (Å²) < 4.78 is 31.1. The van der Waals surface area contributed by atoms with E-state index in [1.54, 1.807) is 6.92 Å². The van der Waals surface area contributed by atoms with Crippen LogP contribution in [0.25, 0.3) is 0 Å². The molecule has 1 heterocycles. The van der Waals surface area contributed by atoms with E-state index in [0.717, 1.165) is 0 Å². The van der Waals surface area contributed by atoms with Gasteiger partial charge in [-0.1, -0.05) is 28.4 Å². The van der Waals surface area contributed by atoms with Gasteiger partial charge in [0.15, 0.2) is 5.82 Å². The maximum atomic E-state index is 12.0. The number of rotatable bonds is 3. The van der Waals surface area contributed by atoms with Gasteiger partial charge in [0, 0.05) is 11.1 Å². The Morgan fingerprint density at radius 1 is 1.28 bits per heavy atom. The molecule has 96 valence electrons. The van der Waals surface area contributed by atoms with Crippen molar-refractivity contribution in [2.75, 3.05) is 4.72 Å². The smallest absolute Gasteiger partial charge is 0.264 e. The number of hydrogen-bond acceptors (Lipinski definition) is 4. The van der Waals surface area contributed by atoms with E-state index in [1.165, 1.54) is 24.3 Å². The molecule has 0 saturated heterocycles. The average molecular weight is 307 g/mol. The van der Waals surface area contributed by atoms with E-state index in [-0.39, 0.29) is 15.7 Å². The number of nitrogens with one attached hydrogen (secondary N) is 1. The van der Waals surface area contributed by atoms with Crippen molar-refractivity contribution in [3.05, 3.63) is 40.1 Å². The van der Waals surface area contributed by atoms with E-state index in [0.29, 0.717) is 10.8 Å². The first-order valence-electron chi connectivity index (χ1n) is 4.80. The molecule has 2 rings (SSSR count). The lowest BCUT2D eigenvalue weighted by molar-refractivity contribution is 0.400. The second kappa shape index (κ2) is 4.79. The predicted octanol–water partition coefficient (Wildman–Crippen LogP) is 3.09. The zero-order valence-electron chi connectivity index (χ0n) is 9.15. The second-order valence-electron chi connectivity index (χ2n) is 3.50. The maximum absolute atomic E-state index is 12.0. The summed E-state index contributed by atoms with van der Waals surface area (Å²) in [7, 11) is -3.81. The molecule has 0 aliphatic heterocycles. The average Bonchev–Trinajstić information content (AvgIpc) is 2.62. The highest BCUT2D eigenvalue weighted by Crippen LogP contribution is 2.26. The molecule has 0 saturated carbocycles. The fourth-order valence-electron chi connectivity index (χ4n) is 1.30. The maximum Gasteiger partial charge on any atom is 0.264 e. The monoisotopic (exact) mass is 306 g/mol. The van der Waals surface area contributed by atoms with Crippen LogP contribution in [0.2, 0.25) is 10.0 Å². The lowest BCUT2D eigenvalue weighted by atomic mass is 10.4. The van der Waals surface area contributed by atoms with Gasteiger partial charge in [-0.25, -0.2) is 8.42 Å². The minimum atomic E-state index is -3.81. The lowest BCUT2D eigenvalue weighted by Crippen LogP contribution is -2.13. The Balaban J connectivity index is 2.36. The van der Waals surface area contributed by atoms with Crippen molar-refractivity contribution in [1.29, 1.82) is 0 Å². The molecule has 0 radical (unpaired) electrons. The minimum Gasteiger partial charge on any atom is -0.360 e. The molecule has 1 aromatic heterocycles. The minimum absolute atomic E-state index is 0.0372. The first-order chi connectivity index (χ1) is 8.38. The standard InChI is InChI=1S/C10H8Cl2N2O3S/c1-6-4-10(13-17-6)14-18(15,16)9-3-2-7(11)5-8(9)12/h2-5H,1H3,(H,13,14). The molecule has 2 aromatic rings. The van der Waals surface area contributed by atoms with Crippen molar-refractivity contribution in [2.24, 2.45) is 0 Å². The van der Waals surface area contributed by atoms with Gasteiger partial charge in [-0.05, 0) is 25.1 Å². The van der Waals surface area contributed by atoms with Crippen LogP contribution in [0, 0.1) is 6.92 Å². The fraction of sp³-hybridized carbons (Fsp3) is 0.100. The zero-order valence-corrected chi connectivity index (χ0v) is 11.5. The van der Waals surface area contributed by atoms with Crippen LogP contribution in [-0.4, -0.2) is 13.6 Å². The molecule has 8 heteroatoms. The molecule has 18 heavy (non-hydrogen) atoms. The van der Waals surface area contributed by atoms with Crippen molar-refractivity contribution in [3.8, 4) is 0 Å². The van der Waals surface area contributed by atoms with E-state index in [9.17, 15) is 8.42 Å². The highest BCUT2D eigenvalue weighted by atomic mass is 35.5. The van der Waals surface area contributed by atoms with E-state index < -0.39 is 10.0 Å². The summed E-state index contributed by atoms with van der Waals surface area (Å²) in [5.74, 6) is 0.591. The van der Waals surface area contributed by atoms with Crippen LogP contribution < -0.4 is 4.72 Å².